The first kappa shape index (κ1) is 49.4. The molecule has 0 N–H and O–H groups in total. The Morgan fingerprint density at radius 2 is 0.649 bits per heavy atom. The van der Waals surface area contributed by atoms with E-state index in [1.807, 2.05) is 0 Å². The summed E-state index contributed by atoms with van der Waals surface area (Å²) in [4.78, 5) is 4.84. The van der Waals surface area contributed by atoms with Crippen LogP contribution < -0.4 is 26.2 Å². The second-order valence-corrected chi connectivity index (χ2v) is 30.1. The summed E-state index contributed by atoms with van der Waals surface area (Å²) in [5.74, 6) is 0. The Morgan fingerprint density at radius 3 is 1.09 bits per heavy atom. The van der Waals surface area contributed by atoms with E-state index in [0.717, 1.165) is 139 Å². The Morgan fingerprint density at radius 1 is 0.277 bits per heavy atom. The van der Waals surface area contributed by atoms with Gasteiger partial charge in [-0.2, -0.15) is 0 Å². The molecular formula is C88H78BN5. The Kier molecular flexibility index (Phi) is 10.8. The van der Waals surface area contributed by atoms with E-state index in [2.05, 4.69) is 308 Å². The molecule has 0 fully saturated rings. The van der Waals surface area contributed by atoms with Gasteiger partial charge < -0.3 is 23.5 Å². The molecule has 0 bridgehead atoms. The van der Waals surface area contributed by atoms with Crippen LogP contribution in [0.1, 0.15) is 116 Å². The van der Waals surface area contributed by atoms with Crippen LogP contribution in [0.3, 0.4) is 0 Å². The van der Waals surface area contributed by atoms with Crippen molar-refractivity contribution >= 4 is 123 Å². The van der Waals surface area contributed by atoms with Crippen LogP contribution in [0.2, 0.25) is 0 Å². The third-order valence-electron chi connectivity index (χ3n) is 20.0. The topological polar surface area (TPSA) is 21.3 Å². The summed E-state index contributed by atoms with van der Waals surface area (Å²) in [5.41, 5.74) is 20.6. The maximum Gasteiger partial charge on any atom is 0.252 e. The van der Waals surface area contributed by atoms with Crippen molar-refractivity contribution in [1.82, 2.24) is 13.7 Å². The molecule has 5 nitrogen and oxygen atoms in total. The van der Waals surface area contributed by atoms with Gasteiger partial charge in [-0.1, -0.05) is 235 Å². The van der Waals surface area contributed by atoms with Crippen molar-refractivity contribution in [3.8, 4) is 28.2 Å². The molecule has 458 valence electrons. The van der Waals surface area contributed by atoms with Crippen molar-refractivity contribution in [2.75, 3.05) is 9.80 Å². The van der Waals surface area contributed by atoms with Gasteiger partial charge in [0.05, 0.1) is 49.8 Å². The lowest BCUT2D eigenvalue weighted by molar-refractivity contribution is 0.568. The zero-order valence-electron chi connectivity index (χ0n) is 63.4. The fraction of sp³-hybridized carbons (Fsp3) is 0.182. The number of fused-ring (bicyclic) bond motifs is 13. The van der Waals surface area contributed by atoms with Crippen LogP contribution in [0.4, 0.5) is 34.1 Å². The Balaban J connectivity index is 1.07. The first-order valence-corrected chi connectivity index (χ1v) is 32.9. The largest absolute Gasteiger partial charge is 0.311 e. The van der Waals surface area contributed by atoms with Crippen LogP contribution in [0.15, 0.2) is 255 Å². The van der Waals surface area contributed by atoms with E-state index in [9.17, 15) is 8.22 Å². The van der Waals surface area contributed by atoms with Crippen LogP contribution in [0, 0.1) is 0 Å². The summed E-state index contributed by atoms with van der Waals surface area (Å²) in [5, 5.41) is 4.55. The molecule has 0 spiro atoms. The minimum absolute atomic E-state index is 0.0135. The van der Waals surface area contributed by atoms with Gasteiger partial charge in [0.15, 0.2) is 0 Å². The summed E-state index contributed by atoms with van der Waals surface area (Å²) in [6, 6.07) is 71.9. The molecule has 6 heteroatoms. The fourth-order valence-corrected chi connectivity index (χ4v) is 15.1. The fourth-order valence-electron chi connectivity index (χ4n) is 15.1. The van der Waals surface area contributed by atoms with Crippen molar-refractivity contribution < 1.29 is 11.0 Å². The minimum atomic E-state index is -0.496. The van der Waals surface area contributed by atoms with Gasteiger partial charge in [-0.05, 0) is 175 Å². The number of anilines is 6. The molecule has 17 rings (SSSR count). The highest BCUT2D eigenvalue weighted by Gasteiger charge is 2.45. The van der Waals surface area contributed by atoms with Crippen molar-refractivity contribution in [3.63, 3.8) is 0 Å². The van der Waals surface area contributed by atoms with Crippen LogP contribution in [0.25, 0.3) is 93.6 Å². The van der Waals surface area contributed by atoms with E-state index in [4.69, 9.17) is 2.74 Å². The number of rotatable bonds is 6. The van der Waals surface area contributed by atoms with Crippen molar-refractivity contribution in [1.29, 1.82) is 0 Å². The van der Waals surface area contributed by atoms with Crippen LogP contribution in [-0.2, 0) is 21.7 Å². The monoisotopic (exact) mass is 1220 g/mol. The van der Waals surface area contributed by atoms with E-state index in [-0.39, 0.29) is 67.6 Å². The van der Waals surface area contributed by atoms with Gasteiger partial charge in [0, 0.05) is 77.8 Å². The molecule has 94 heavy (non-hydrogen) atoms. The van der Waals surface area contributed by atoms with Gasteiger partial charge in [-0.25, -0.2) is 0 Å². The normalized spacial score (nSPS) is 14.7. The molecule has 0 unspecified atom stereocenters. The number of hydrogen-bond acceptors (Lipinski definition) is 2. The highest BCUT2D eigenvalue weighted by Crippen LogP contribution is 2.50. The van der Waals surface area contributed by atoms with Gasteiger partial charge in [-0.15, -0.1) is 0 Å². The molecular weight excluding hydrogens is 1140 g/mol. The molecule has 0 aliphatic carbocycles. The molecule has 0 atom stereocenters. The summed E-state index contributed by atoms with van der Waals surface area (Å²) in [6.07, 6.45) is 0. The van der Waals surface area contributed by atoms with Gasteiger partial charge in [0.25, 0.3) is 6.71 Å². The summed E-state index contributed by atoms with van der Waals surface area (Å²) in [7, 11) is 0. The SMILES string of the molecule is [2H]c1c([2H])c([2H])c2c(c1[2H])c1c([2H])c([2H])c([2H])c([2H])c1n2-c1cc2c3c(c1)N(c1cc(C(C)(C)C)cc(C(C)(C)C)c1)c1cc(-n4c5ccccc5c5cc(-c6ccccc6)ccc54)ccc1B3c1ccc(-n3c4ccccc4c4ccccc43)cc1N2c1cc(C(C)(C)C)cc(C(C)(C)C)c1. The number of aromatic nitrogens is 3. The van der Waals surface area contributed by atoms with Crippen LogP contribution in [0.5, 0.6) is 0 Å². The lowest BCUT2D eigenvalue weighted by atomic mass is 9.33. The Labute approximate surface area is 564 Å². The third kappa shape index (κ3) is 8.96. The van der Waals surface area contributed by atoms with Gasteiger partial charge in [-0.3, -0.25) is 0 Å². The molecule has 15 aromatic rings. The first-order chi connectivity index (χ1) is 48.5. The zero-order valence-corrected chi connectivity index (χ0v) is 55.4. The standard InChI is InChI=1S/C88H78BN5/c1-85(2,3)57-45-58(86(4,5)6)48-63(47-57)93-80-51-61(90-74-33-21-16-28-66(74)67-29-17-22-34-75(67)90)39-41-72(80)89-73-42-40-62(91-78-37-25-20-32-70(78)71-44-56(38-43-79(71)91)55-26-14-13-15-27-55)52-81(73)94(64-49-59(87(7,8)9)46-60(50-64)88(10,11)12)83-54-65(53-82(93)84(83)89)92-76-35-23-18-30-68(76)69-31-19-24-36-77(69)92/h13-54H,1-12H3/i18D,19D,23D,24D,30D,31D,35D,36D. The maximum atomic E-state index is 10.0. The average Bonchev–Trinajstić information content (AvgIpc) is 1.02. The molecule has 2 aliphatic rings. The van der Waals surface area contributed by atoms with Gasteiger partial charge in [0.2, 0.25) is 0 Å². The number of nitrogens with zero attached hydrogens (tertiary/aromatic N) is 5. The second kappa shape index (κ2) is 20.6. The number of para-hydroxylation sites is 5. The molecule has 5 heterocycles. The van der Waals surface area contributed by atoms with E-state index in [1.165, 1.54) is 0 Å². The van der Waals surface area contributed by atoms with E-state index < -0.39 is 30.9 Å². The minimum Gasteiger partial charge on any atom is -0.311 e. The summed E-state index contributed by atoms with van der Waals surface area (Å²) >= 11 is 0. The van der Waals surface area contributed by atoms with Crippen molar-refractivity contribution in [3.05, 3.63) is 277 Å². The average molecular weight is 1220 g/mol. The Hall–Kier alpha value is -10.3. The molecule has 12 aromatic carbocycles. The maximum absolute atomic E-state index is 10.0. The molecule has 0 amide bonds. The number of hydrogen-bond donors (Lipinski definition) is 0. The molecule has 0 radical (unpaired) electrons. The van der Waals surface area contributed by atoms with Gasteiger partial charge in [0.1, 0.15) is 0 Å². The summed E-state index contributed by atoms with van der Waals surface area (Å²) in [6.45, 7) is 26.7. The van der Waals surface area contributed by atoms with Crippen LogP contribution in [-0.4, -0.2) is 20.4 Å². The lowest BCUT2D eigenvalue weighted by Gasteiger charge is -2.45. The second-order valence-electron chi connectivity index (χ2n) is 30.1. The van der Waals surface area contributed by atoms with Crippen LogP contribution >= 0.6 is 0 Å². The van der Waals surface area contributed by atoms with Crippen molar-refractivity contribution in [2.45, 2.75) is 105 Å². The molecule has 2 aliphatic heterocycles. The predicted octanol–water partition coefficient (Wildman–Crippen LogP) is 21.9. The number of benzene rings is 12. The first-order valence-electron chi connectivity index (χ1n) is 36.9. The highest BCUT2D eigenvalue weighted by atomic mass is 15.2. The molecule has 0 saturated heterocycles. The third-order valence-corrected chi connectivity index (χ3v) is 20.0. The molecule has 0 saturated carbocycles. The highest BCUT2D eigenvalue weighted by molar-refractivity contribution is 7.00. The van der Waals surface area contributed by atoms with E-state index >= 15 is 0 Å². The quantitative estimate of drug-likeness (QED) is 0.155. The zero-order chi connectivity index (χ0) is 71.4. The Bertz CT molecular complexity index is 5940. The van der Waals surface area contributed by atoms with E-state index in [1.54, 1.807) is 4.57 Å². The van der Waals surface area contributed by atoms with E-state index in [0.29, 0.717) is 5.69 Å². The van der Waals surface area contributed by atoms with Crippen molar-refractivity contribution in [2.24, 2.45) is 0 Å². The predicted molar refractivity (Wildman–Crippen MR) is 404 cm³/mol. The summed E-state index contributed by atoms with van der Waals surface area (Å²) < 4.78 is 83.1. The molecule has 3 aromatic heterocycles. The van der Waals surface area contributed by atoms with Gasteiger partial charge >= 0.3 is 0 Å². The smallest absolute Gasteiger partial charge is 0.252 e. The lowest BCUT2D eigenvalue weighted by Crippen LogP contribution is -2.61.